The van der Waals surface area contributed by atoms with Crippen LogP contribution in [0.15, 0.2) is 0 Å². The number of carboxylic acids is 1. The Morgan fingerprint density at radius 1 is 1.21 bits per heavy atom. The SMILES string of the molecule is CC(=O)N[C@@H](CS[C@@H]1c2c(O)c(C)c(CCO)c(C)c2[C@@H](O)[C@]1(C)CO)C(=O)O. The van der Waals surface area contributed by atoms with Gasteiger partial charge < -0.3 is 30.8 Å². The van der Waals surface area contributed by atoms with E-state index in [4.69, 9.17) is 0 Å². The number of amides is 1. The Hall–Kier alpha value is -1.81. The summed E-state index contributed by atoms with van der Waals surface area (Å²) in [6, 6.07) is -1.14. The zero-order chi connectivity index (χ0) is 22.1. The largest absolute Gasteiger partial charge is 0.507 e. The molecule has 8 nitrogen and oxygen atoms in total. The molecule has 0 saturated carbocycles. The molecule has 1 aliphatic rings. The third-order valence-corrected chi connectivity index (χ3v) is 7.41. The van der Waals surface area contributed by atoms with Gasteiger partial charge >= 0.3 is 5.97 Å². The van der Waals surface area contributed by atoms with Crippen molar-refractivity contribution in [1.82, 2.24) is 5.32 Å². The Bertz CT molecular complexity index is 813. The molecule has 29 heavy (non-hydrogen) atoms. The number of fused-ring (bicyclic) bond motifs is 1. The molecule has 1 aromatic carbocycles. The van der Waals surface area contributed by atoms with Gasteiger partial charge in [0.1, 0.15) is 11.8 Å². The van der Waals surface area contributed by atoms with E-state index in [1.807, 2.05) is 6.92 Å². The minimum atomic E-state index is -1.19. The van der Waals surface area contributed by atoms with E-state index in [1.54, 1.807) is 13.8 Å². The van der Waals surface area contributed by atoms with E-state index in [0.29, 0.717) is 23.1 Å². The van der Waals surface area contributed by atoms with E-state index in [-0.39, 0.29) is 24.7 Å². The van der Waals surface area contributed by atoms with Crippen LogP contribution in [0.2, 0.25) is 0 Å². The number of aliphatic hydroxyl groups is 3. The van der Waals surface area contributed by atoms with Crippen molar-refractivity contribution in [2.45, 2.75) is 51.5 Å². The summed E-state index contributed by atoms with van der Waals surface area (Å²) in [4.78, 5) is 22.8. The second-order valence-electron chi connectivity index (χ2n) is 7.75. The van der Waals surface area contributed by atoms with E-state index in [1.165, 1.54) is 18.7 Å². The van der Waals surface area contributed by atoms with E-state index < -0.39 is 34.7 Å². The molecule has 4 atom stereocenters. The number of aromatic hydroxyl groups is 1. The standard InChI is InChI=1S/C20H29NO7S/c1-9-12(5-6-22)10(2)16(25)15-14(9)17(26)20(4,8-23)18(15)29-7-13(19(27)28)21-11(3)24/h13,17-18,22-23,25-26H,5-8H2,1-4H3,(H,21,24)(H,27,28)/t13-,17+,18+,20-/m0/s1. The molecule has 1 amide bonds. The summed E-state index contributed by atoms with van der Waals surface area (Å²) >= 11 is 1.17. The Morgan fingerprint density at radius 3 is 2.31 bits per heavy atom. The lowest BCUT2D eigenvalue weighted by atomic mass is 9.84. The van der Waals surface area contributed by atoms with Crippen molar-refractivity contribution in [3.8, 4) is 5.75 Å². The zero-order valence-electron chi connectivity index (χ0n) is 17.0. The van der Waals surface area contributed by atoms with E-state index >= 15 is 0 Å². The van der Waals surface area contributed by atoms with Crippen molar-refractivity contribution in [3.63, 3.8) is 0 Å². The highest BCUT2D eigenvalue weighted by Crippen LogP contribution is 2.62. The summed E-state index contributed by atoms with van der Waals surface area (Å²) in [6.07, 6.45) is -0.754. The number of hydrogen-bond acceptors (Lipinski definition) is 7. The number of carbonyl (C=O) groups is 2. The first-order valence-corrected chi connectivity index (χ1v) is 10.4. The molecule has 0 bridgehead atoms. The molecule has 162 valence electrons. The number of rotatable bonds is 8. The summed E-state index contributed by atoms with van der Waals surface area (Å²) in [7, 11) is 0. The molecule has 0 aliphatic heterocycles. The number of aliphatic hydroxyl groups excluding tert-OH is 3. The van der Waals surface area contributed by atoms with Gasteiger partial charge in [-0.05, 0) is 42.5 Å². The molecule has 0 radical (unpaired) electrons. The molecule has 1 aromatic rings. The van der Waals surface area contributed by atoms with Crippen molar-refractivity contribution in [2.75, 3.05) is 19.0 Å². The molecule has 0 spiro atoms. The quantitative estimate of drug-likeness (QED) is 0.359. The smallest absolute Gasteiger partial charge is 0.327 e. The van der Waals surface area contributed by atoms with E-state index in [0.717, 1.165) is 11.1 Å². The third kappa shape index (κ3) is 4.09. The van der Waals surface area contributed by atoms with Gasteiger partial charge in [-0.3, -0.25) is 4.79 Å². The number of phenols is 1. The van der Waals surface area contributed by atoms with Crippen molar-refractivity contribution in [1.29, 1.82) is 0 Å². The minimum Gasteiger partial charge on any atom is -0.507 e. The molecule has 0 aromatic heterocycles. The summed E-state index contributed by atoms with van der Waals surface area (Å²) in [5.41, 5.74) is 2.01. The first-order valence-electron chi connectivity index (χ1n) is 9.37. The topological polar surface area (TPSA) is 147 Å². The van der Waals surface area contributed by atoms with Gasteiger partial charge in [0.25, 0.3) is 0 Å². The Balaban J connectivity index is 2.54. The second kappa shape index (κ2) is 8.91. The number of carboxylic acid groups (broad SMARTS) is 1. The predicted octanol–water partition coefficient (Wildman–Crippen LogP) is 0.953. The minimum absolute atomic E-state index is 0.00272. The Kier molecular flexibility index (Phi) is 7.21. The van der Waals surface area contributed by atoms with Crippen molar-refractivity contribution >= 4 is 23.6 Å². The van der Waals surface area contributed by atoms with Gasteiger partial charge in [-0.25, -0.2) is 4.79 Å². The van der Waals surface area contributed by atoms with Crippen LogP contribution in [0, 0.1) is 19.3 Å². The average Bonchev–Trinajstić information content (AvgIpc) is 2.88. The number of phenolic OH excluding ortho intramolecular Hbond substituents is 1. The van der Waals surface area contributed by atoms with Crippen molar-refractivity contribution in [2.24, 2.45) is 5.41 Å². The molecular formula is C20H29NO7S. The Labute approximate surface area is 174 Å². The molecule has 0 unspecified atom stereocenters. The number of nitrogens with one attached hydrogen (secondary N) is 1. The summed E-state index contributed by atoms with van der Waals surface area (Å²) in [6.45, 7) is 5.96. The maximum atomic E-state index is 11.5. The average molecular weight is 428 g/mol. The van der Waals surface area contributed by atoms with Crippen LogP contribution in [0.4, 0.5) is 0 Å². The summed E-state index contributed by atoms with van der Waals surface area (Å²) in [5.74, 6) is -1.68. The highest BCUT2D eigenvalue weighted by Gasteiger charge is 2.52. The number of carbonyl (C=O) groups excluding carboxylic acids is 1. The van der Waals surface area contributed by atoms with Crippen LogP contribution < -0.4 is 5.32 Å². The lowest BCUT2D eigenvalue weighted by molar-refractivity contribution is -0.140. The molecule has 0 saturated heterocycles. The number of aliphatic carboxylic acids is 1. The third-order valence-electron chi connectivity index (χ3n) is 5.78. The van der Waals surface area contributed by atoms with Gasteiger partial charge in [-0.2, -0.15) is 11.8 Å². The van der Waals surface area contributed by atoms with Gasteiger partial charge in [-0.15, -0.1) is 0 Å². The molecule has 0 fully saturated rings. The van der Waals surface area contributed by atoms with Gasteiger partial charge in [0.15, 0.2) is 0 Å². The molecular weight excluding hydrogens is 398 g/mol. The van der Waals surface area contributed by atoms with Crippen LogP contribution >= 0.6 is 11.8 Å². The second-order valence-corrected chi connectivity index (χ2v) is 8.89. The zero-order valence-corrected chi connectivity index (χ0v) is 17.8. The van der Waals surface area contributed by atoms with Crippen LogP contribution in [-0.2, 0) is 16.0 Å². The summed E-state index contributed by atoms with van der Waals surface area (Å²) in [5, 5.41) is 52.6. The normalized spacial score (nSPS) is 24.2. The summed E-state index contributed by atoms with van der Waals surface area (Å²) < 4.78 is 0. The highest BCUT2D eigenvalue weighted by atomic mass is 32.2. The van der Waals surface area contributed by atoms with Gasteiger partial charge in [0, 0.05) is 35.5 Å². The molecule has 2 rings (SSSR count). The van der Waals surface area contributed by atoms with Crippen LogP contribution in [0.1, 0.15) is 53.0 Å². The maximum absolute atomic E-state index is 11.5. The van der Waals surface area contributed by atoms with Crippen molar-refractivity contribution < 1.29 is 35.1 Å². The van der Waals surface area contributed by atoms with E-state index in [9.17, 15) is 35.1 Å². The van der Waals surface area contributed by atoms with Crippen molar-refractivity contribution in [3.05, 3.63) is 27.8 Å². The van der Waals surface area contributed by atoms with E-state index in [2.05, 4.69) is 5.32 Å². The number of thioether (sulfide) groups is 1. The fraction of sp³-hybridized carbons (Fsp3) is 0.600. The van der Waals surface area contributed by atoms with Crippen LogP contribution in [0.5, 0.6) is 5.75 Å². The molecule has 6 N–H and O–H groups in total. The lowest BCUT2D eigenvalue weighted by Crippen LogP contribution is -2.42. The highest BCUT2D eigenvalue weighted by molar-refractivity contribution is 7.99. The molecule has 0 heterocycles. The maximum Gasteiger partial charge on any atom is 0.327 e. The number of hydrogen-bond donors (Lipinski definition) is 6. The molecule has 1 aliphatic carbocycles. The predicted molar refractivity (Wildman–Crippen MR) is 109 cm³/mol. The van der Waals surface area contributed by atoms with Gasteiger partial charge in [-0.1, -0.05) is 6.92 Å². The van der Waals surface area contributed by atoms with Gasteiger partial charge in [0.2, 0.25) is 5.91 Å². The molecule has 9 heteroatoms. The fourth-order valence-electron chi connectivity index (χ4n) is 4.08. The first kappa shape index (κ1) is 23.5. The monoisotopic (exact) mass is 427 g/mol. The van der Waals surface area contributed by atoms with Gasteiger partial charge in [0.05, 0.1) is 12.7 Å². The lowest BCUT2D eigenvalue weighted by Gasteiger charge is -2.33. The number of benzene rings is 1. The van der Waals surface area contributed by atoms with Crippen LogP contribution in [-0.4, -0.2) is 62.4 Å². The van der Waals surface area contributed by atoms with Crippen LogP contribution in [0.3, 0.4) is 0 Å². The van der Waals surface area contributed by atoms with Crippen LogP contribution in [0.25, 0.3) is 0 Å². The fourth-order valence-corrected chi connectivity index (χ4v) is 5.68. The first-order chi connectivity index (χ1) is 13.5. The Morgan fingerprint density at radius 2 is 1.83 bits per heavy atom.